The number of Topliss-reactive ketones (excluding diaryl/α,β-unsaturated/α-hetero) is 1. The summed E-state index contributed by atoms with van der Waals surface area (Å²) in [7, 11) is -2.84. The average molecular weight is 374 g/mol. The van der Waals surface area contributed by atoms with Crippen LogP contribution < -0.4 is 15.6 Å². The Morgan fingerprint density at radius 1 is 0.741 bits per heavy atom. The molecular weight excluding hydrogens is 350 g/mol. The number of nitrogens with zero attached hydrogens (tertiary/aromatic N) is 1. The van der Waals surface area contributed by atoms with Crippen molar-refractivity contribution in [1.29, 1.82) is 0 Å². The molecule has 0 heterocycles. The number of hydrogen-bond donors (Lipinski definition) is 0. The van der Waals surface area contributed by atoms with Crippen LogP contribution in [0.3, 0.4) is 0 Å². The fourth-order valence-corrected chi connectivity index (χ4v) is 6.81. The Hall–Kier alpha value is -2.98. The van der Waals surface area contributed by atoms with Crippen LogP contribution in [0.5, 0.6) is 0 Å². The van der Waals surface area contributed by atoms with Crippen LogP contribution in [0.15, 0.2) is 96.2 Å². The van der Waals surface area contributed by atoms with E-state index in [2.05, 4.69) is 41.6 Å². The molecule has 0 fully saturated rings. The molecule has 3 rings (SSSR count). The van der Waals surface area contributed by atoms with E-state index in [1.54, 1.807) is 6.92 Å². The van der Waals surface area contributed by atoms with E-state index in [4.69, 9.17) is 4.53 Å². The number of rotatable bonds is 7. The van der Waals surface area contributed by atoms with Gasteiger partial charge < -0.3 is 4.53 Å². The van der Waals surface area contributed by atoms with Gasteiger partial charge in [-0.2, -0.15) is 0 Å². The predicted molar refractivity (Wildman–Crippen MR) is 113 cm³/mol. The van der Waals surface area contributed by atoms with E-state index < -0.39 is 8.32 Å². The molecule has 3 aromatic carbocycles. The largest absolute Gasteiger partial charge is 0.438 e. The van der Waals surface area contributed by atoms with E-state index in [1.165, 1.54) is 0 Å². The second kappa shape index (κ2) is 8.60. The van der Waals surface area contributed by atoms with E-state index in [0.29, 0.717) is 12.1 Å². The summed E-state index contributed by atoms with van der Waals surface area (Å²) in [5, 5.41) is 7.76. The summed E-state index contributed by atoms with van der Waals surface area (Å²) in [5.74, 6) is 0.0752. The Kier molecular flexibility index (Phi) is 5.99. The molecule has 0 bridgehead atoms. The molecule has 0 aliphatic carbocycles. The molecule has 0 N–H and O–H groups in total. The molecule has 0 radical (unpaired) electrons. The third-order valence-electron chi connectivity index (χ3n) is 4.38. The molecule has 0 amide bonds. The first-order chi connectivity index (χ1) is 13.1. The average Bonchev–Trinajstić information content (AvgIpc) is 2.70. The third kappa shape index (κ3) is 4.23. The summed E-state index contributed by atoms with van der Waals surface area (Å²) in [4.78, 5) is 11.5. The minimum atomic E-state index is -2.84. The fourth-order valence-electron chi connectivity index (χ4n) is 3.22. The Morgan fingerprint density at radius 3 is 1.44 bits per heavy atom. The SMILES string of the molecule is CC(=O)CC(C)=NO[Si](c1ccccc1)(c1ccccc1)c1ccccc1. The summed E-state index contributed by atoms with van der Waals surface area (Å²) in [6.07, 6.45) is 0.294. The van der Waals surface area contributed by atoms with Crippen LogP contribution in [0.1, 0.15) is 20.3 Å². The molecule has 3 aromatic rings. The molecule has 0 aliphatic heterocycles. The van der Waals surface area contributed by atoms with Crippen molar-refractivity contribution in [2.24, 2.45) is 5.16 Å². The van der Waals surface area contributed by atoms with E-state index in [1.807, 2.05) is 61.5 Å². The van der Waals surface area contributed by atoms with Gasteiger partial charge in [0.1, 0.15) is 5.78 Å². The van der Waals surface area contributed by atoms with Crippen molar-refractivity contribution in [3.05, 3.63) is 91.0 Å². The first-order valence-corrected chi connectivity index (χ1v) is 10.9. The highest BCUT2D eigenvalue weighted by Crippen LogP contribution is 2.11. The van der Waals surface area contributed by atoms with Gasteiger partial charge in [0.2, 0.25) is 0 Å². The zero-order valence-corrected chi connectivity index (χ0v) is 16.6. The maximum absolute atomic E-state index is 11.5. The van der Waals surface area contributed by atoms with Gasteiger partial charge in [-0.3, -0.25) is 4.79 Å². The van der Waals surface area contributed by atoms with E-state index >= 15 is 0 Å². The van der Waals surface area contributed by atoms with Crippen LogP contribution in [0.4, 0.5) is 0 Å². The van der Waals surface area contributed by atoms with Gasteiger partial charge in [-0.1, -0.05) is 91.0 Å². The number of benzene rings is 3. The number of ketones is 1. The Balaban J connectivity index is 2.21. The van der Waals surface area contributed by atoms with Crippen LogP contribution in [-0.4, -0.2) is 19.8 Å². The lowest BCUT2D eigenvalue weighted by atomic mass is 10.2. The van der Waals surface area contributed by atoms with Gasteiger partial charge in [-0.05, 0) is 29.4 Å². The second-order valence-corrected chi connectivity index (χ2v) is 9.85. The zero-order valence-electron chi connectivity index (χ0n) is 15.6. The number of hydrogen-bond acceptors (Lipinski definition) is 3. The van der Waals surface area contributed by atoms with Gasteiger partial charge in [0.05, 0.1) is 5.71 Å². The highest BCUT2D eigenvalue weighted by Gasteiger charge is 2.44. The molecule has 0 unspecified atom stereocenters. The Bertz CT molecular complexity index is 812. The monoisotopic (exact) mass is 373 g/mol. The van der Waals surface area contributed by atoms with Crippen molar-refractivity contribution in [3.8, 4) is 0 Å². The third-order valence-corrected chi connectivity index (χ3v) is 8.19. The predicted octanol–water partition coefficient (Wildman–Crippen LogP) is 3.03. The summed E-state index contributed by atoms with van der Waals surface area (Å²) in [5.41, 5.74) is 0.683. The number of carbonyl (C=O) groups excluding carboxylic acids is 1. The van der Waals surface area contributed by atoms with Crippen molar-refractivity contribution >= 4 is 35.4 Å². The summed E-state index contributed by atoms with van der Waals surface area (Å²) in [6, 6.07) is 30.8. The molecule has 0 saturated carbocycles. The highest BCUT2D eigenvalue weighted by molar-refractivity contribution is 7.07. The number of oxime groups is 1. The molecule has 27 heavy (non-hydrogen) atoms. The van der Waals surface area contributed by atoms with Crippen molar-refractivity contribution < 1.29 is 9.32 Å². The number of carbonyl (C=O) groups is 1. The molecule has 0 saturated heterocycles. The lowest BCUT2D eigenvalue weighted by molar-refractivity contribution is -0.115. The lowest BCUT2D eigenvalue weighted by Crippen LogP contribution is -2.68. The van der Waals surface area contributed by atoms with Gasteiger partial charge in [0.15, 0.2) is 0 Å². The van der Waals surface area contributed by atoms with Gasteiger partial charge in [-0.15, -0.1) is 5.16 Å². The minimum Gasteiger partial charge on any atom is -0.438 e. The standard InChI is InChI=1S/C23H23NO2Si/c1-19(18-20(2)25)24-26-27(21-12-6-3-7-13-21,22-14-8-4-9-15-22)23-16-10-5-11-17-23/h3-17H,18H2,1-2H3. The van der Waals surface area contributed by atoms with Crippen molar-refractivity contribution in [3.63, 3.8) is 0 Å². The quantitative estimate of drug-likeness (QED) is 0.276. The normalized spacial score (nSPS) is 11.9. The van der Waals surface area contributed by atoms with E-state index in [0.717, 1.165) is 15.6 Å². The van der Waals surface area contributed by atoms with Crippen molar-refractivity contribution in [2.45, 2.75) is 20.3 Å². The van der Waals surface area contributed by atoms with Crippen LogP contribution in [-0.2, 0) is 9.32 Å². The van der Waals surface area contributed by atoms with Crippen molar-refractivity contribution in [1.82, 2.24) is 0 Å². The van der Waals surface area contributed by atoms with Crippen LogP contribution in [0, 0.1) is 0 Å². The molecule has 0 spiro atoms. The van der Waals surface area contributed by atoms with Crippen LogP contribution in [0.2, 0.25) is 0 Å². The first kappa shape index (κ1) is 18.8. The van der Waals surface area contributed by atoms with Crippen LogP contribution >= 0.6 is 0 Å². The summed E-state index contributed by atoms with van der Waals surface area (Å²) < 4.78 is 6.43. The first-order valence-electron chi connectivity index (χ1n) is 9.00. The summed E-state index contributed by atoms with van der Waals surface area (Å²) >= 11 is 0. The van der Waals surface area contributed by atoms with Gasteiger partial charge >= 0.3 is 8.32 Å². The topological polar surface area (TPSA) is 38.7 Å². The molecule has 0 atom stereocenters. The van der Waals surface area contributed by atoms with Gasteiger partial charge in [0, 0.05) is 6.42 Å². The Labute approximate surface area is 161 Å². The van der Waals surface area contributed by atoms with E-state index in [-0.39, 0.29) is 5.78 Å². The maximum atomic E-state index is 11.5. The van der Waals surface area contributed by atoms with Crippen LogP contribution in [0.25, 0.3) is 0 Å². The molecule has 0 aromatic heterocycles. The maximum Gasteiger partial charge on any atom is 0.380 e. The van der Waals surface area contributed by atoms with Gasteiger partial charge in [-0.25, -0.2) is 0 Å². The second-order valence-electron chi connectivity index (χ2n) is 6.58. The van der Waals surface area contributed by atoms with Gasteiger partial charge in [0.25, 0.3) is 0 Å². The molecule has 3 nitrogen and oxygen atoms in total. The van der Waals surface area contributed by atoms with E-state index in [9.17, 15) is 4.79 Å². The molecular formula is C23H23NO2Si. The summed E-state index contributed by atoms with van der Waals surface area (Å²) in [6.45, 7) is 3.40. The minimum absolute atomic E-state index is 0.0752. The molecule has 4 heteroatoms. The zero-order chi connectivity index (χ0) is 19.1. The smallest absolute Gasteiger partial charge is 0.380 e. The highest BCUT2D eigenvalue weighted by atomic mass is 28.4. The fraction of sp³-hybridized carbons (Fsp3) is 0.130. The molecule has 0 aliphatic rings. The lowest BCUT2D eigenvalue weighted by Gasteiger charge is -2.30. The van der Waals surface area contributed by atoms with Crippen molar-refractivity contribution in [2.75, 3.05) is 0 Å². The molecule has 136 valence electrons. The Morgan fingerprint density at radius 2 is 1.11 bits per heavy atom.